The lowest BCUT2D eigenvalue weighted by atomic mass is 10.2. The van der Waals surface area contributed by atoms with Gasteiger partial charge < -0.3 is 15.4 Å². The highest BCUT2D eigenvalue weighted by atomic mass is 16.5. The van der Waals surface area contributed by atoms with Gasteiger partial charge in [0, 0.05) is 14.1 Å². The van der Waals surface area contributed by atoms with Crippen molar-refractivity contribution in [3.05, 3.63) is 23.8 Å². The van der Waals surface area contributed by atoms with Crippen LogP contribution in [0.15, 0.2) is 18.2 Å². The van der Waals surface area contributed by atoms with Crippen molar-refractivity contribution < 1.29 is 9.53 Å². The molecule has 1 aromatic carbocycles. The van der Waals surface area contributed by atoms with Crippen molar-refractivity contribution in [2.75, 3.05) is 19.8 Å². The third kappa shape index (κ3) is 2.89. The van der Waals surface area contributed by atoms with Gasteiger partial charge in [0.2, 0.25) is 0 Å². The molecule has 0 aliphatic rings. The molecule has 0 saturated heterocycles. The largest absolute Gasteiger partial charge is 0.479 e. The van der Waals surface area contributed by atoms with Crippen LogP contribution in [0.4, 0.5) is 5.69 Å². The van der Waals surface area contributed by atoms with Crippen LogP contribution in [0.2, 0.25) is 0 Å². The number of carbonyl (C=O) groups excluding carboxylic acids is 1. The molecule has 1 unspecified atom stereocenters. The second-order valence-electron chi connectivity index (χ2n) is 4.03. The molecule has 1 atom stereocenters. The third-order valence-corrected chi connectivity index (χ3v) is 2.26. The van der Waals surface area contributed by atoms with E-state index in [0.717, 1.165) is 5.56 Å². The molecule has 4 heteroatoms. The van der Waals surface area contributed by atoms with E-state index in [1.807, 2.05) is 19.1 Å². The minimum Gasteiger partial charge on any atom is -0.479 e. The average molecular weight is 222 g/mol. The van der Waals surface area contributed by atoms with E-state index in [9.17, 15) is 4.79 Å². The molecule has 1 aromatic rings. The molecule has 1 amide bonds. The van der Waals surface area contributed by atoms with Gasteiger partial charge in [-0.15, -0.1) is 0 Å². The lowest BCUT2D eigenvalue weighted by Crippen LogP contribution is -2.35. The van der Waals surface area contributed by atoms with Crippen LogP contribution in [0, 0.1) is 6.92 Å². The van der Waals surface area contributed by atoms with Gasteiger partial charge in [0.05, 0.1) is 5.69 Å². The Bertz CT molecular complexity index is 389. The number of nitrogen functional groups attached to an aromatic ring is 1. The summed E-state index contributed by atoms with van der Waals surface area (Å²) in [5.41, 5.74) is 7.42. The summed E-state index contributed by atoms with van der Waals surface area (Å²) in [4.78, 5) is 13.1. The second-order valence-corrected chi connectivity index (χ2v) is 4.03. The highest BCUT2D eigenvalue weighted by molar-refractivity contribution is 5.80. The molecule has 0 bridgehead atoms. The fourth-order valence-electron chi connectivity index (χ4n) is 1.38. The first-order chi connectivity index (χ1) is 7.41. The predicted octanol–water partition coefficient (Wildman–Crippen LogP) is 1.43. The normalized spacial score (nSPS) is 12.0. The third-order valence-electron chi connectivity index (χ3n) is 2.26. The highest BCUT2D eigenvalue weighted by Crippen LogP contribution is 2.23. The minimum absolute atomic E-state index is 0.0834. The molecule has 16 heavy (non-hydrogen) atoms. The van der Waals surface area contributed by atoms with Crippen LogP contribution in [0.1, 0.15) is 12.5 Å². The predicted molar refractivity (Wildman–Crippen MR) is 64.4 cm³/mol. The van der Waals surface area contributed by atoms with E-state index in [-0.39, 0.29) is 5.91 Å². The highest BCUT2D eigenvalue weighted by Gasteiger charge is 2.17. The van der Waals surface area contributed by atoms with E-state index in [4.69, 9.17) is 10.5 Å². The number of hydrogen-bond acceptors (Lipinski definition) is 3. The van der Waals surface area contributed by atoms with Crippen LogP contribution in [0.3, 0.4) is 0 Å². The smallest absolute Gasteiger partial charge is 0.262 e. The zero-order valence-electron chi connectivity index (χ0n) is 10.2. The summed E-state index contributed by atoms with van der Waals surface area (Å²) in [5, 5.41) is 0. The first-order valence-electron chi connectivity index (χ1n) is 5.15. The number of benzene rings is 1. The van der Waals surface area contributed by atoms with Gasteiger partial charge in [-0.25, -0.2) is 0 Å². The Hall–Kier alpha value is -1.71. The SMILES string of the molecule is Cc1ccc(OC(C)C(=O)N(C)C)c(N)c1. The Morgan fingerprint density at radius 2 is 2.06 bits per heavy atom. The topological polar surface area (TPSA) is 55.6 Å². The van der Waals surface area contributed by atoms with Crippen LogP contribution < -0.4 is 10.5 Å². The van der Waals surface area contributed by atoms with Crippen LogP contribution >= 0.6 is 0 Å². The van der Waals surface area contributed by atoms with Crippen molar-refractivity contribution >= 4 is 11.6 Å². The lowest BCUT2D eigenvalue weighted by molar-refractivity contribution is -0.135. The van der Waals surface area contributed by atoms with Crippen molar-refractivity contribution in [3.63, 3.8) is 0 Å². The van der Waals surface area contributed by atoms with Crippen LogP contribution in [0.25, 0.3) is 0 Å². The molecule has 1 rings (SSSR count). The number of hydrogen-bond donors (Lipinski definition) is 1. The number of aryl methyl sites for hydroxylation is 1. The van der Waals surface area contributed by atoms with E-state index in [1.54, 1.807) is 27.1 Å². The maximum absolute atomic E-state index is 11.6. The number of anilines is 1. The van der Waals surface area contributed by atoms with E-state index >= 15 is 0 Å². The fourth-order valence-corrected chi connectivity index (χ4v) is 1.38. The van der Waals surface area contributed by atoms with Crippen molar-refractivity contribution in [1.82, 2.24) is 4.90 Å². The molecular weight excluding hydrogens is 204 g/mol. The second kappa shape index (κ2) is 4.88. The molecule has 88 valence electrons. The fraction of sp³-hybridized carbons (Fsp3) is 0.417. The molecule has 0 fully saturated rings. The summed E-state index contributed by atoms with van der Waals surface area (Å²) >= 11 is 0. The summed E-state index contributed by atoms with van der Waals surface area (Å²) in [7, 11) is 3.39. The molecule has 0 saturated carbocycles. The van der Waals surface area contributed by atoms with Crippen molar-refractivity contribution in [1.29, 1.82) is 0 Å². The molecule has 4 nitrogen and oxygen atoms in total. The minimum atomic E-state index is -0.528. The first kappa shape index (κ1) is 12.4. The number of carbonyl (C=O) groups is 1. The molecule has 0 aromatic heterocycles. The summed E-state index contributed by atoms with van der Waals surface area (Å²) in [5.74, 6) is 0.466. The van der Waals surface area contributed by atoms with Crippen LogP contribution in [-0.4, -0.2) is 31.0 Å². The van der Waals surface area contributed by atoms with Gasteiger partial charge in [0.15, 0.2) is 6.10 Å². The van der Waals surface area contributed by atoms with Crippen molar-refractivity contribution in [3.8, 4) is 5.75 Å². The maximum Gasteiger partial charge on any atom is 0.262 e. The number of amides is 1. The van der Waals surface area contributed by atoms with E-state index in [0.29, 0.717) is 11.4 Å². The van der Waals surface area contributed by atoms with E-state index in [1.165, 1.54) is 4.90 Å². The first-order valence-corrected chi connectivity index (χ1v) is 5.15. The molecule has 0 radical (unpaired) electrons. The van der Waals surface area contributed by atoms with Gasteiger partial charge in [0.1, 0.15) is 5.75 Å². The monoisotopic (exact) mass is 222 g/mol. The molecule has 0 heterocycles. The molecule has 0 spiro atoms. The molecule has 0 aliphatic carbocycles. The van der Waals surface area contributed by atoms with E-state index < -0.39 is 6.10 Å². The summed E-state index contributed by atoms with van der Waals surface area (Å²) in [6.07, 6.45) is -0.528. The number of nitrogens with zero attached hydrogens (tertiary/aromatic N) is 1. The van der Waals surface area contributed by atoms with E-state index in [2.05, 4.69) is 0 Å². The summed E-state index contributed by atoms with van der Waals surface area (Å²) in [6, 6.07) is 5.50. The van der Waals surface area contributed by atoms with Crippen molar-refractivity contribution in [2.45, 2.75) is 20.0 Å². The van der Waals surface area contributed by atoms with Crippen LogP contribution in [0.5, 0.6) is 5.75 Å². The lowest BCUT2D eigenvalue weighted by Gasteiger charge is -2.19. The zero-order valence-corrected chi connectivity index (χ0v) is 10.2. The Morgan fingerprint density at radius 3 is 2.56 bits per heavy atom. The average Bonchev–Trinajstić information content (AvgIpc) is 2.20. The molecule has 2 N–H and O–H groups in total. The summed E-state index contributed by atoms with van der Waals surface area (Å²) < 4.78 is 5.51. The Labute approximate surface area is 96.0 Å². The Morgan fingerprint density at radius 1 is 1.44 bits per heavy atom. The zero-order chi connectivity index (χ0) is 12.3. The standard InChI is InChI=1S/C12H18N2O2/c1-8-5-6-11(10(13)7-8)16-9(2)12(15)14(3)4/h5-7,9H,13H2,1-4H3. The van der Waals surface area contributed by atoms with Crippen LogP contribution in [-0.2, 0) is 4.79 Å². The quantitative estimate of drug-likeness (QED) is 0.787. The Kier molecular flexibility index (Phi) is 3.77. The molecule has 0 aliphatic heterocycles. The summed E-state index contributed by atoms with van der Waals surface area (Å²) in [6.45, 7) is 3.66. The van der Waals surface area contributed by atoms with Gasteiger partial charge in [-0.3, -0.25) is 4.79 Å². The molecular formula is C12H18N2O2. The van der Waals surface area contributed by atoms with Gasteiger partial charge in [-0.2, -0.15) is 0 Å². The van der Waals surface area contributed by atoms with Gasteiger partial charge >= 0.3 is 0 Å². The maximum atomic E-state index is 11.6. The Balaban J connectivity index is 2.77. The van der Waals surface area contributed by atoms with Gasteiger partial charge in [-0.05, 0) is 31.5 Å². The van der Waals surface area contributed by atoms with Gasteiger partial charge in [0.25, 0.3) is 5.91 Å². The number of nitrogens with two attached hydrogens (primary N) is 1. The number of likely N-dealkylation sites (N-methyl/N-ethyl adjacent to an activating group) is 1. The van der Waals surface area contributed by atoms with Crippen molar-refractivity contribution in [2.24, 2.45) is 0 Å². The number of rotatable bonds is 3. The van der Waals surface area contributed by atoms with Gasteiger partial charge in [-0.1, -0.05) is 6.07 Å². The number of ether oxygens (including phenoxy) is 1.